The van der Waals surface area contributed by atoms with Crippen molar-refractivity contribution in [3.05, 3.63) is 28.8 Å². The van der Waals surface area contributed by atoms with Gasteiger partial charge < -0.3 is 9.47 Å². The van der Waals surface area contributed by atoms with Crippen LogP contribution >= 0.6 is 0 Å². The SMILES string of the molecule is COC(=O)Cc1ccc(C)c(OC(F)(F)F)c1C#N. The number of hydrogen-bond acceptors (Lipinski definition) is 4. The molecule has 0 N–H and O–H groups in total. The van der Waals surface area contributed by atoms with E-state index in [0.29, 0.717) is 0 Å². The minimum atomic E-state index is -4.90. The number of aryl methyl sites for hydroxylation is 1. The molecule has 0 saturated carbocycles. The molecule has 1 aromatic carbocycles. The second-order valence-electron chi connectivity index (χ2n) is 3.66. The van der Waals surface area contributed by atoms with Crippen molar-refractivity contribution in [1.29, 1.82) is 5.26 Å². The van der Waals surface area contributed by atoms with Crippen LogP contribution in [-0.2, 0) is 16.0 Å². The molecule has 0 bridgehead atoms. The van der Waals surface area contributed by atoms with E-state index < -0.39 is 18.1 Å². The lowest BCUT2D eigenvalue weighted by Crippen LogP contribution is -2.19. The molecule has 19 heavy (non-hydrogen) atoms. The molecule has 0 fully saturated rings. The fourth-order valence-corrected chi connectivity index (χ4v) is 1.47. The first-order valence-corrected chi connectivity index (χ1v) is 5.13. The summed E-state index contributed by atoms with van der Waals surface area (Å²) >= 11 is 0. The molecule has 0 spiro atoms. The minimum absolute atomic E-state index is 0.124. The highest BCUT2D eigenvalue weighted by Gasteiger charge is 2.33. The van der Waals surface area contributed by atoms with Gasteiger partial charge in [0, 0.05) is 0 Å². The molecule has 0 aromatic heterocycles. The van der Waals surface area contributed by atoms with Gasteiger partial charge in [0.1, 0.15) is 11.8 Å². The number of benzene rings is 1. The Morgan fingerprint density at radius 2 is 2.05 bits per heavy atom. The Labute approximate surface area is 107 Å². The molecule has 0 saturated heterocycles. The van der Waals surface area contributed by atoms with Crippen molar-refractivity contribution in [3.63, 3.8) is 0 Å². The Bertz CT molecular complexity index is 532. The fourth-order valence-electron chi connectivity index (χ4n) is 1.47. The zero-order valence-electron chi connectivity index (χ0n) is 10.2. The molecule has 0 aliphatic carbocycles. The average Bonchev–Trinajstić information content (AvgIpc) is 2.31. The monoisotopic (exact) mass is 273 g/mol. The van der Waals surface area contributed by atoms with Gasteiger partial charge in [-0.3, -0.25) is 4.79 Å². The molecule has 0 aliphatic rings. The summed E-state index contributed by atoms with van der Waals surface area (Å²) in [5.74, 6) is -1.24. The number of alkyl halides is 3. The van der Waals surface area contributed by atoms with Crippen molar-refractivity contribution in [1.82, 2.24) is 0 Å². The fraction of sp³-hybridized carbons (Fsp3) is 0.333. The number of methoxy groups -OCH3 is 1. The maximum Gasteiger partial charge on any atom is 0.573 e. The van der Waals surface area contributed by atoms with Gasteiger partial charge in [0.05, 0.1) is 19.1 Å². The van der Waals surface area contributed by atoms with Gasteiger partial charge in [-0.05, 0) is 18.1 Å². The zero-order valence-corrected chi connectivity index (χ0v) is 10.2. The lowest BCUT2D eigenvalue weighted by Gasteiger charge is -2.14. The first-order chi connectivity index (χ1) is 8.78. The first kappa shape index (κ1) is 14.8. The van der Waals surface area contributed by atoms with Crippen molar-refractivity contribution in [2.24, 2.45) is 0 Å². The predicted octanol–water partition coefficient (Wildman–Crippen LogP) is 2.48. The lowest BCUT2D eigenvalue weighted by molar-refractivity contribution is -0.274. The molecule has 0 radical (unpaired) electrons. The van der Waals surface area contributed by atoms with Crippen molar-refractivity contribution >= 4 is 5.97 Å². The van der Waals surface area contributed by atoms with Crippen molar-refractivity contribution in [2.45, 2.75) is 19.7 Å². The van der Waals surface area contributed by atoms with Crippen LogP contribution in [0.15, 0.2) is 12.1 Å². The van der Waals surface area contributed by atoms with Crippen molar-refractivity contribution < 1.29 is 27.4 Å². The number of hydrogen-bond donors (Lipinski definition) is 0. The van der Waals surface area contributed by atoms with E-state index in [-0.39, 0.29) is 23.1 Å². The summed E-state index contributed by atoms with van der Waals surface area (Å²) in [6.07, 6.45) is -5.20. The van der Waals surface area contributed by atoms with E-state index in [1.807, 2.05) is 0 Å². The third-order valence-corrected chi connectivity index (χ3v) is 2.33. The summed E-state index contributed by atoms with van der Waals surface area (Å²) in [5, 5.41) is 8.96. The van der Waals surface area contributed by atoms with Crippen LogP contribution < -0.4 is 4.74 Å². The average molecular weight is 273 g/mol. The van der Waals surface area contributed by atoms with E-state index >= 15 is 0 Å². The van der Waals surface area contributed by atoms with Gasteiger partial charge in [-0.25, -0.2) is 0 Å². The molecule has 102 valence electrons. The topological polar surface area (TPSA) is 59.3 Å². The normalized spacial score (nSPS) is 10.7. The number of halogens is 3. The van der Waals surface area contributed by atoms with Crippen molar-refractivity contribution in [2.75, 3.05) is 7.11 Å². The van der Waals surface area contributed by atoms with Gasteiger partial charge in [-0.1, -0.05) is 12.1 Å². The third-order valence-electron chi connectivity index (χ3n) is 2.33. The number of ether oxygens (including phenoxy) is 2. The minimum Gasteiger partial charge on any atom is -0.469 e. The number of nitriles is 1. The van der Waals surface area contributed by atoms with E-state index in [0.717, 1.165) is 7.11 Å². The molecular weight excluding hydrogens is 263 g/mol. The van der Waals surface area contributed by atoms with Crippen LogP contribution in [0.2, 0.25) is 0 Å². The number of rotatable bonds is 3. The van der Waals surface area contributed by atoms with Crippen LogP contribution in [0.1, 0.15) is 16.7 Å². The van der Waals surface area contributed by atoms with Gasteiger partial charge in [0.2, 0.25) is 0 Å². The molecule has 1 aromatic rings. The van der Waals surface area contributed by atoms with E-state index in [2.05, 4.69) is 9.47 Å². The first-order valence-electron chi connectivity index (χ1n) is 5.13. The van der Waals surface area contributed by atoms with Gasteiger partial charge in [-0.2, -0.15) is 5.26 Å². The van der Waals surface area contributed by atoms with Crippen LogP contribution in [0.5, 0.6) is 5.75 Å². The largest absolute Gasteiger partial charge is 0.573 e. The Hall–Kier alpha value is -2.23. The summed E-state index contributed by atoms with van der Waals surface area (Å²) < 4.78 is 45.1. The van der Waals surface area contributed by atoms with E-state index in [1.54, 1.807) is 6.07 Å². The van der Waals surface area contributed by atoms with Gasteiger partial charge in [-0.15, -0.1) is 13.2 Å². The van der Waals surface area contributed by atoms with Crippen LogP contribution in [0.4, 0.5) is 13.2 Å². The second kappa shape index (κ2) is 5.61. The highest BCUT2D eigenvalue weighted by molar-refractivity contribution is 5.74. The van der Waals surface area contributed by atoms with E-state index in [9.17, 15) is 18.0 Å². The smallest absolute Gasteiger partial charge is 0.469 e. The van der Waals surface area contributed by atoms with Crippen LogP contribution in [0, 0.1) is 18.3 Å². The predicted molar refractivity (Wildman–Crippen MR) is 58.3 cm³/mol. The summed E-state index contributed by atoms with van der Waals surface area (Å²) in [6.45, 7) is 1.38. The number of carbonyl (C=O) groups is 1. The van der Waals surface area contributed by atoms with Gasteiger partial charge >= 0.3 is 12.3 Å². The molecule has 0 aliphatic heterocycles. The number of esters is 1. The Balaban J connectivity index is 3.26. The highest BCUT2D eigenvalue weighted by Crippen LogP contribution is 2.31. The summed E-state index contributed by atoms with van der Waals surface area (Å²) in [7, 11) is 1.15. The maximum atomic E-state index is 12.3. The molecule has 4 nitrogen and oxygen atoms in total. The van der Waals surface area contributed by atoms with Crippen LogP contribution in [0.3, 0.4) is 0 Å². The van der Waals surface area contributed by atoms with Crippen LogP contribution in [-0.4, -0.2) is 19.4 Å². The van der Waals surface area contributed by atoms with Crippen molar-refractivity contribution in [3.8, 4) is 11.8 Å². The third kappa shape index (κ3) is 3.88. The summed E-state index contributed by atoms with van der Waals surface area (Å²) in [6, 6.07) is 4.37. The lowest BCUT2D eigenvalue weighted by atomic mass is 10.0. The number of carbonyl (C=O) groups excluding carboxylic acids is 1. The Morgan fingerprint density at radius 3 is 2.53 bits per heavy atom. The maximum absolute atomic E-state index is 12.3. The molecule has 1 rings (SSSR count). The molecule has 0 atom stereocenters. The molecular formula is C12H10F3NO3. The Kier molecular flexibility index (Phi) is 4.38. The highest BCUT2D eigenvalue weighted by atomic mass is 19.4. The molecule has 7 heteroatoms. The molecule has 0 amide bonds. The summed E-state index contributed by atoms with van der Waals surface area (Å²) in [4.78, 5) is 11.1. The zero-order chi connectivity index (χ0) is 14.6. The van der Waals surface area contributed by atoms with E-state index in [1.165, 1.54) is 19.1 Å². The molecule has 0 heterocycles. The van der Waals surface area contributed by atoms with Crippen LogP contribution in [0.25, 0.3) is 0 Å². The Morgan fingerprint density at radius 1 is 1.42 bits per heavy atom. The molecule has 0 unspecified atom stereocenters. The standard InChI is InChI=1S/C12H10F3NO3/c1-7-3-4-8(5-10(17)18-2)9(6-16)11(7)19-12(13,14)15/h3-4H,5H2,1-2H3. The van der Waals surface area contributed by atoms with Gasteiger partial charge in [0.15, 0.2) is 0 Å². The second-order valence-corrected chi connectivity index (χ2v) is 3.66. The van der Waals surface area contributed by atoms with Gasteiger partial charge in [0.25, 0.3) is 0 Å². The number of nitrogens with zero attached hydrogens (tertiary/aromatic N) is 1. The van der Waals surface area contributed by atoms with E-state index in [4.69, 9.17) is 5.26 Å². The quantitative estimate of drug-likeness (QED) is 0.794. The summed E-state index contributed by atoms with van der Waals surface area (Å²) in [5.41, 5.74) is -0.0376.